The lowest BCUT2D eigenvalue weighted by Gasteiger charge is -2.34. The molecule has 2 amide bonds. The molecule has 1 aliphatic heterocycles. The summed E-state index contributed by atoms with van der Waals surface area (Å²) in [4.78, 5) is 26.7. The Morgan fingerprint density at radius 2 is 2.00 bits per heavy atom. The molecule has 1 aliphatic rings. The molecule has 1 heterocycles. The Bertz CT molecular complexity index is 586. The minimum Gasteiger partial charge on any atom is -0.354 e. The molecule has 0 spiro atoms. The van der Waals surface area contributed by atoms with Gasteiger partial charge in [0.1, 0.15) is 5.54 Å². The highest BCUT2D eigenvalue weighted by Gasteiger charge is 2.46. The zero-order chi connectivity index (χ0) is 17.7. The summed E-state index contributed by atoms with van der Waals surface area (Å²) in [5.74, 6) is 0.569. The third-order valence-electron chi connectivity index (χ3n) is 4.76. The second kappa shape index (κ2) is 8.02. The highest BCUT2D eigenvalue weighted by molar-refractivity contribution is 6.30. The summed E-state index contributed by atoms with van der Waals surface area (Å²) in [6, 6.07) is 7.62. The molecule has 2 rings (SSSR count). The number of rotatable bonds is 7. The molecule has 4 nitrogen and oxygen atoms in total. The Labute approximate surface area is 149 Å². The monoisotopic (exact) mass is 350 g/mol. The van der Waals surface area contributed by atoms with E-state index in [1.54, 1.807) is 4.90 Å². The normalized spacial score (nSPS) is 20.7. The molecule has 0 saturated carbocycles. The van der Waals surface area contributed by atoms with Crippen molar-refractivity contribution in [2.75, 3.05) is 13.1 Å². The topological polar surface area (TPSA) is 49.4 Å². The fourth-order valence-corrected chi connectivity index (χ4v) is 3.19. The standard InChI is InChI=1S/C19H27ClN2O2/c1-14(2)9-12-21-18(24)19(3)11-8-17(23)22(19)13-10-15-4-6-16(20)7-5-15/h4-7,14H,8-13H2,1-3H3,(H,21,24)/t19-/m0/s1. The average molecular weight is 351 g/mol. The van der Waals surface area contributed by atoms with Gasteiger partial charge in [-0.15, -0.1) is 0 Å². The van der Waals surface area contributed by atoms with E-state index in [0.717, 1.165) is 18.4 Å². The summed E-state index contributed by atoms with van der Waals surface area (Å²) >= 11 is 5.90. The van der Waals surface area contributed by atoms with Crippen molar-refractivity contribution in [3.05, 3.63) is 34.9 Å². The second-order valence-corrected chi connectivity index (χ2v) is 7.57. The van der Waals surface area contributed by atoms with Crippen LogP contribution in [0.25, 0.3) is 0 Å². The van der Waals surface area contributed by atoms with Gasteiger partial charge in [-0.05, 0) is 49.8 Å². The fourth-order valence-electron chi connectivity index (χ4n) is 3.06. The van der Waals surface area contributed by atoms with E-state index in [0.29, 0.717) is 36.9 Å². The molecule has 132 valence electrons. The molecular weight excluding hydrogens is 324 g/mol. The molecule has 0 aromatic heterocycles. The van der Waals surface area contributed by atoms with Crippen molar-refractivity contribution < 1.29 is 9.59 Å². The van der Waals surface area contributed by atoms with Crippen LogP contribution in [0.15, 0.2) is 24.3 Å². The van der Waals surface area contributed by atoms with Crippen molar-refractivity contribution in [3.8, 4) is 0 Å². The molecular formula is C19H27ClN2O2. The smallest absolute Gasteiger partial charge is 0.245 e. The molecule has 1 atom stereocenters. The van der Waals surface area contributed by atoms with Gasteiger partial charge in [-0.25, -0.2) is 0 Å². The summed E-state index contributed by atoms with van der Waals surface area (Å²) in [7, 11) is 0. The molecule has 0 unspecified atom stereocenters. The Morgan fingerprint density at radius 3 is 2.62 bits per heavy atom. The first-order valence-electron chi connectivity index (χ1n) is 8.66. The largest absolute Gasteiger partial charge is 0.354 e. The first kappa shape index (κ1) is 18.8. The molecule has 1 aromatic rings. The third-order valence-corrected chi connectivity index (χ3v) is 5.01. The van der Waals surface area contributed by atoms with Gasteiger partial charge in [0, 0.05) is 24.5 Å². The number of nitrogens with zero attached hydrogens (tertiary/aromatic N) is 1. The van der Waals surface area contributed by atoms with E-state index in [-0.39, 0.29) is 11.8 Å². The molecule has 1 N–H and O–H groups in total. The zero-order valence-electron chi connectivity index (χ0n) is 14.8. The van der Waals surface area contributed by atoms with E-state index >= 15 is 0 Å². The molecule has 0 radical (unpaired) electrons. The van der Waals surface area contributed by atoms with Crippen molar-refractivity contribution in [2.24, 2.45) is 5.92 Å². The quantitative estimate of drug-likeness (QED) is 0.819. The number of likely N-dealkylation sites (tertiary alicyclic amines) is 1. The molecule has 1 fully saturated rings. The van der Waals surface area contributed by atoms with Crippen LogP contribution in [0.3, 0.4) is 0 Å². The van der Waals surface area contributed by atoms with E-state index in [1.165, 1.54) is 0 Å². The van der Waals surface area contributed by atoms with Gasteiger partial charge in [0.05, 0.1) is 0 Å². The lowest BCUT2D eigenvalue weighted by molar-refractivity contribution is -0.140. The lowest BCUT2D eigenvalue weighted by Crippen LogP contribution is -2.55. The van der Waals surface area contributed by atoms with Crippen LogP contribution in [0.4, 0.5) is 0 Å². The van der Waals surface area contributed by atoms with Crippen LogP contribution >= 0.6 is 11.6 Å². The molecule has 1 saturated heterocycles. The highest BCUT2D eigenvalue weighted by Crippen LogP contribution is 2.30. The van der Waals surface area contributed by atoms with Gasteiger partial charge in [0.2, 0.25) is 11.8 Å². The summed E-state index contributed by atoms with van der Waals surface area (Å²) in [6.07, 6.45) is 2.69. The third kappa shape index (κ3) is 4.50. The summed E-state index contributed by atoms with van der Waals surface area (Å²) in [6.45, 7) is 7.35. The van der Waals surface area contributed by atoms with Crippen molar-refractivity contribution in [1.82, 2.24) is 10.2 Å². The van der Waals surface area contributed by atoms with Crippen LogP contribution in [-0.2, 0) is 16.0 Å². The van der Waals surface area contributed by atoms with Gasteiger partial charge < -0.3 is 10.2 Å². The van der Waals surface area contributed by atoms with E-state index in [1.807, 2.05) is 31.2 Å². The van der Waals surface area contributed by atoms with Crippen molar-refractivity contribution >= 4 is 23.4 Å². The first-order valence-corrected chi connectivity index (χ1v) is 9.04. The fraction of sp³-hybridized carbons (Fsp3) is 0.579. The van der Waals surface area contributed by atoms with Crippen molar-refractivity contribution in [2.45, 2.75) is 52.0 Å². The summed E-state index contributed by atoms with van der Waals surface area (Å²) in [5, 5.41) is 3.70. The average Bonchev–Trinajstić information content (AvgIpc) is 2.83. The predicted octanol–water partition coefficient (Wildman–Crippen LogP) is 3.43. The number of nitrogens with one attached hydrogen (secondary N) is 1. The van der Waals surface area contributed by atoms with Crippen LogP contribution in [0.1, 0.15) is 45.6 Å². The molecule has 1 aromatic carbocycles. The number of hydrogen-bond donors (Lipinski definition) is 1. The van der Waals surface area contributed by atoms with Gasteiger partial charge in [-0.1, -0.05) is 37.6 Å². The van der Waals surface area contributed by atoms with Gasteiger partial charge in [-0.3, -0.25) is 9.59 Å². The number of carbonyl (C=O) groups is 2. The van der Waals surface area contributed by atoms with E-state index in [2.05, 4.69) is 19.2 Å². The van der Waals surface area contributed by atoms with Crippen LogP contribution < -0.4 is 5.32 Å². The Hall–Kier alpha value is -1.55. The minimum absolute atomic E-state index is 0.0369. The minimum atomic E-state index is -0.736. The highest BCUT2D eigenvalue weighted by atomic mass is 35.5. The van der Waals surface area contributed by atoms with E-state index < -0.39 is 5.54 Å². The zero-order valence-corrected chi connectivity index (χ0v) is 15.5. The summed E-state index contributed by atoms with van der Waals surface area (Å²) in [5.41, 5.74) is 0.377. The number of amides is 2. The maximum Gasteiger partial charge on any atom is 0.245 e. The molecule has 0 bridgehead atoms. The van der Waals surface area contributed by atoms with Crippen LogP contribution in [-0.4, -0.2) is 35.3 Å². The van der Waals surface area contributed by atoms with Gasteiger partial charge >= 0.3 is 0 Å². The first-order chi connectivity index (χ1) is 11.3. The van der Waals surface area contributed by atoms with Crippen molar-refractivity contribution in [1.29, 1.82) is 0 Å². The molecule has 5 heteroatoms. The molecule has 24 heavy (non-hydrogen) atoms. The Morgan fingerprint density at radius 1 is 1.33 bits per heavy atom. The van der Waals surface area contributed by atoms with Crippen molar-refractivity contribution in [3.63, 3.8) is 0 Å². The summed E-state index contributed by atoms with van der Waals surface area (Å²) < 4.78 is 0. The predicted molar refractivity (Wildman–Crippen MR) is 97.0 cm³/mol. The maximum atomic E-state index is 12.6. The van der Waals surface area contributed by atoms with Crippen LogP contribution in [0.5, 0.6) is 0 Å². The van der Waals surface area contributed by atoms with Crippen LogP contribution in [0, 0.1) is 5.92 Å². The lowest BCUT2D eigenvalue weighted by atomic mass is 9.97. The van der Waals surface area contributed by atoms with Gasteiger partial charge in [0.15, 0.2) is 0 Å². The van der Waals surface area contributed by atoms with Gasteiger partial charge in [0.25, 0.3) is 0 Å². The Balaban J connectivity index is 1.98. The Kier molecular flexibility index (Phi) is 6.27. The number of benzene rings is 1. The maximum absolute atomic E-state index is 12.6. The number of carbonyl (C=O) groups excluding carboxylic acids is 2. The number of hydrogen-bond acceptors (Lipinski definition) is 2. The number of halogens is 1. The van der Waals surface area contributed by atoms with Gasteiger partial charge in [-0.2, -0.15) is 0 Å². The van der Waals surface area contributed by atoms with E-state index in [9.17, 15) is 9.59 Å². The molecule has 0 aliphatic carbocycles. The second-order valence-electron chi connectivity index (χ2n) is 7.13. The van der Waals surface area contributed by atoms with Crippen LogP contribution in [0.2, 0.25) is 5.02 Å². The van der Waals surface area contributed by atoms with E-state index in [4.69, 9.17) is 11.6 Å². The SMILES string of the molecule is CC(C)CCNC(=O)[C@]1(C)CCC(=O)N1CCc1ccc(Cl)cc1.